The lowest BCUT2D eigenvalue weighted by molar-refractivity contribution is -0.211. The zero-order chi connectivity index (χ0) is 17.2. The highest BCUT2D eigenvalue weighted by atomic mass is 16.3. The summed E-state index contributed by atoms with van der Waals surface area (Å²) in [5.41, 5.74) is 2.01. The van der Waals surface area contributed by atoms with Crippen LogP contribution in [-0.2, 0) is 5.41 Å². The molecule has 0 radical (unpaired) electrons. The van der Waals surface area contributed by atoms with Crippen molar-refractivity contribution in [3.63, 3.8) is 0 Å². The van der Waals surface area contributed by atoms with Crippen molar-refractivity contribution in [2.24, 2.45) is 17.8 Å². The molecule has 1 spiro atoms. The summed E-state index contributed by atoms with van der Waals surface area (Å²) in [6.07, 6.45) is 2.24. The van der Waals surface area contributed by atoms with Crippen molar-refractivity contribution in [3.8, 4) is 5.75 Å². The predicted octanol–water partition coefficient (Wildman–Crippen LogP) is 1.26. The number of likely N-dealkylation sites (N-methyl/N-ethyl adjacent to an activating group) is 1. The first-order valence-electron chi connectivity index (χ1n) is 9.70. The molecule has 7 rings (SSSR count). The van der Waals surface area contributed by atoms with Gasteiger partial charge in [0.25, 0.3) is 0 Å². The number of nitrogens with zero attached hydrogens (tertiary/aromatic N) is 2. The summed E-state index contributed by atoms with van der Waals surface area (Å²) >= 11 is 0. The van der Waals surface area contributed by atoms with E-state index in [1.54, 1.807) is 6.07 Å². The summed E-state index contributed by atoms with van der Waals surface area (Å²) in [7, 11) is 2.09. The van der Waals surface area contributed by atoms with Crippen molar-refractivity contribution < 1.29 is 15.3 Å². The first kappa shape index (κ1) is 14.8. The monoisotopic (exact) mass is 342 g/mol. The second kappa shape index (κ2) is 4.33. The number of anilines is 1. The molecular weight excluding hydrogens is 316 g/mol. The molecule has 5 fully saturated rings. The third-order valence-electron chi connectivity index (χ3n) is 8.54. The van der Waals surface area contributed by atoms with Gasteiger partial charge >= 0.3 is 0 Å². The molecule has 4 saturated heterocycles. The van der Waals surface area contributed by atoms with E-state index in [2.05, 4.69) is 23.8 Å². The average molecular weight is 342 g/mol. The number of rotatable bonds is 1. The molecule has 0 amide bonds. The Labute approximate surface area is 147 Å². The van der Waals surface area contributed by atoms with E-state index in [9.17, 15) is 15.3 Å². The molecule has 1 aliphatic carbocycles. The Kier molecular flexibility index (Phi) is 2.57. The van der Waals surface area contributed by atoms with Gasteiger partial charge in [0, 0.05) is 48.1 Å². The summed E-state index contributed by atoms with van der Waals surface area (Å²) < 4.78 is 0. The third kappa shape index (κ3) is 1.36. The number of hydrogen-bond acceptors (Lipinski definition) is 5. The van der Waals surface area contributed by atoms with Gasteiger partial charge in [-0.2, -0.15) is 0 Å². The molecule has 25 heavy (non-hydrogen) atoms. The molecule has 5 heterocycles. The summed E-state index contributed by atoms with van der Waals surface area (Å²) in [6.45, 7) is 2.17. The predicted molar refractivity (Wildman–Crippen MR) is 93.4 cm³/mol. The zero-order valence-electron chi connectivity index (χ0n) is 14.7. The average Bonchev–Trinajstić information content (AvgIpc) is 2.96. The molecule has 5 bridgehead atoms. The van der Waals surface area contributed by atoms with E-state index in [0.717, 1.165) is 24.9 Å². The molecule has 10 unspecified atom stereocenters. The van der Waals surface area contributed by atoms with E-state index in [1.165, 1.54) is 5.56 Å². The molecule has 3 N–H and O–H groups in total. The number of phenolic OH excluding ortho intramolecular Hbond substituents is 1. The van der Waals surface area contributed by atoms with Crippen LogP contribution in [0.1, 0.15) is 31.7 Å². The van der Waals surface area contributed by atoms with E-state index >= 15 is 0 Å². The van der Waals surface area contributed by atoms with Crippen molar-refractivity contribution in [2.45, 2.75) is 62.1 Å². The van der Waals surface area contributed by atoms with E-state index < -0.39 is 0 Å². The Hall–Kier alpha value is -1.30. The van der Waals surface area contributed by atoms with E-state index in [4.69, 9.17) is 0 Å². The van der Waals surface area contributed by atoms with Crippen LogP contribution >= 0.6 is 0 Å². The van der Waals surface area contributed by atoms with Gasteiger partial charge < -0.3 is 20.2 Å². The number of aliphatic hydroxyl groups excluding tert-OH is 2. The number of piperidine rings is 4. The molecular formula is C20H26N2O3. The van der Waals surface area contributed by atoms with Crippen LogP contribution in [-0.4, -0.2) is 57.7 Å². The molecule has 5 nitrogen and oxygen atoms in total. The van der Waals surface area contributed by atoms with Gasteiger partial charge in [-0.05, 0) is 36.8 Å². The third-order valence-corrected chi connectivity index (χ3v) is 8.54. The standard InChI is InChI=1S/C20H26N2O3/c1-3-10-11-7-14-17-20(12-5-4-9(23)6-13(12)21(17)2)8-15(16(11)18(20)24)22(14)19(10)25/h4-6,10-11,14-19,23-25H,3,7-8H2,1-2H3. The van der Waals surface area contributed by atoms with Gasteiger partial charge in [0.2, 0.25) is 0 Å². The van der Waals surface area contributed by atoms with Crippen LogP contribution in [0.25, 0.3) is 0 Å². The SMILES string of the molecule is CCC1C2CC3C4N(C)c5cc(O)ccc5C45CC(C2C5O)N3C1O. The Morgan fingerprint density at radius 1 is 1.24 bits per heavy atom. The molecule has 1 aromatic carbocycles. The van der Waals surface area contributed by atoms with Crippen LogP contribution in [0.3, 0.4) is 0 Å². The van der Waals surface area contributed by atoms with Crippen LogP contribution in [0, 0.1) is 17.8 Å². The normalized spacial score (nSPS) is 54.1. The maximum atomic E-state index is 11.6. The molecule has 1 aromatic rings. The fraction of sp³-hybridized carbons (Fsp3) is 0.700. The molecule has 10 atom stereocenters. The highest BCUT2D eigenvalue weighted by Crippen LogP contribution is 2.69. The van der Waals surface area contributed by atoms with Gasteiger partial charge in [-0.15, -0.1) is 0 Å². The summed E-state index contributed by atoms with van der Waals surface area (Å²) in [5.74, 6) is 1.25. The Morgan fingerprint density at radius 3 is 2.80 bits per heavy atom. The Bertz CT molecular complexity index is 769. The summed E-state index contributed by atoms with van der Waals surface area (Å²) in [5, 5.41) is 32.6. The second-order valence-corrected chi connectivity index (χ2v) is 8.99. The maximum Gasteiger partial charge on any atom is 0.117 e. The van der Waals surface area contributed by atoms with Gasteiger partial charge in [0.05, 0.1) is 12.1 Å². The maximum absolute atomic E-state index is 11.6. The minimum absolute atomic E-state index is 0.179. The molecule has 1 saturated carbocycles. The number of hydrogen-bond donors (Lipinski definition) is 3. The molecule has 134 valence electrons. The topological polar surface area (TPSA) is 67.2 Å². The van der Waals surface area contributed by atoms with Crippen molar-refractivity contribution in [2.75, 3.05) is 11.9 Å². The van der Waals surface area contributed by atoms with Crippen LogP contribution in [0.15, 0.2) is 18.2 Å². The van der Waals surface area contributed by atoms with Gasteiger partial charge in [0.1, 0.15) is 12.0 Å². The lowest BCUT2D eigenvalue weighted by Gasteiger charge is -2.62. The van der Waals surface area contributed by atoms with Crippen LogP contribution in [0.5, 0.6) is 5.75 Å². The lowest BCUT2D eigenvalue weighted by atomic mass is 9.62. The number of fused-ring (bicyclic) bond motifs is 2. The number of benzene rings is 1. The number of aromatic hydroxyl groups is 1. The van der Waals surface area contributed by atoms with E-state index in [-0.39, 0.29) is 47.4 Å². The minimum Gasteiger partial charge on any atom is -0.508 e. The van der Waals surface area contributed by atoms with Crippen molar-refractivity contribution in [3.05, 3.63) is 23.8 Å². The largest absolute Gasteiger partial charge is 0.508 e. The summed E-state index contributed by atoms with van der Waals surface area (Å²) in [6, 6.07) is 6.39. The van der Waals surface area contributed by atoms with Crippen molar-refractivity contribution in [1.82, 2.24) is 4.90 Å². The highest BCUT2D eigenvalue weighted by molar-refractivity contribution is 5.69. The van der Waals surface area contributed by atoms with Gasteiger partial charge in [-0.25, -0.2) is 0 Å². The summed E-state index contributed by atoms with van der Waals surface area (Å²) in [4.78, 5) is 4.64. The first-order chi connectivity index (χ1) is 12.0. The smallest absolute Gasteiger partial charge is 0.117 e. The first-order valence-corrected chi connectivity index (χ1v) is 9.70. The van der Waals surface area contributed by atoms with Gasteiger partial charge in [-0.3, -0.25) is 4.90 Å². The van der Waals surface area contributed by atoms with Crippen LogP contribution in [0.2, 0.25) is 0 Å². The number of aliphatic hydroxyl groups is 2. The van der Waals surface area contributed by atoms with Crippen LogP contribution < -0.4 is 4.90 Å². The highest BCUT2D eigenvalue weighted by Gasteiger charge is 2.76. The Morgan fingerprint density at radius 2 is 2.04 bits per heavy atom. The number of phenols is 1. The van der Waals surface area contributed by atoms with Crippen LogP contribution in [0.4, 0.5) is 5.69 Å². The van der Waals surface area contributed by atoms with E-state index in [1.807, 2.05) is 12.1 Å². The van der Waals surface area contributed by atoms with E-state index in [0.29, 0.717) is 12.0 Å². The van der Waals surface area contributed by atoms with Gasteiger partial charge in [0.15, 0.2) is 0 Å². The fourth-order valence-corrected chi connectivity index (χ4v) is 7.91. The quantitative estimate of drug-likeness (QED) is 0.717. The molecule has 5 heteroatoms. The second-order valence-electron chi connectivity index (χ2n) is 8.99. The Balaban J connectivity index is 1.59. The zero-order valence-corrected chi connectivity index (χ0v) is 14.7. The fourth-order valence-electron chi connectivity index (χ4n) is 7.91. The molecule has 5 aliphatic heterocycles. The lowest BCUT2D eigenvalue weighted by Crippen LogP contribution is -2.72. The van der Waals surface area contributed by atoms with Crippen molar-refractivity contribution in [1.29, 1.82) is 0 Å². The molecule has 0 aromatic heterocycles. The minimum atomic E-state index is -0.371. The van der Waals surface area contributed by atoms with Crippen molar-refractivity contribution >= 4 is 5.69 Å². The molecule has 6 aliphatic rings. The van der Waals surface area contributed by atoms with Gasteiger partial charge in [-0.1, -0.05) is 13.0 Å².